The minimum atomic E-state index is -2.82. The molecule has 1 saturated carbocycles. The van der Waals surface area contributed by atoms with Gasteiger partial charge in [0.1, 0.15) is 17.2 Å². The number of halogens is 7. The molecule has 2 aliphatic carbocycles. The second-order valence-electron chi connectivity index (χ2n) is 11.0. The molecule has 17 heteroatoms. The van der Waals surface area contributed by atoms with Crippen LogP contribution in [0.25, 0.3) is 0 Å². The molecule has 6 atom stereocenters. The van der Waals surface area contributed by atoms with E-state index in [0.717, 1.165) is 6.07 Å². The largest absolute Gasteiger partial charge is 0.508 e. The maximum Gasteiger partial charge on any atom is 0.328 e. The summed E-state index contributed by atoms with van der Waals surface area (Å²) in [6.07, 6.45) is 0.417. The molecule has 2 aliphatic heterocycles. The number of benzene rings is 2. The molecular weight excluding hydrogens is 656 g/mol. The lowest BCUT2D eigenvalue weighted by Crippen LogP contribution is -2.60. The summed E-state index contributed by atoms with van der Waals surface area (Å²) in [5.74, 6) is -23.9. The van der Waals surface area contributed by atoms with Crippen molar-refractivity contribution >= 4 is 58.5 Å². The van der Waals surface area contributed by atoms with Gasteiger partial charge in [-0.05, 0) is 24.8 Å². The Balaban J connectivity index is 1.62. The van der Waals surface area contributed by atoms with Crippen molar-refractivity contribution < 1.29 is 55.8 Å². The maximum atomic E-state index is 15.0. The van der Waals surface area contributed by atoms with Gasteiger partial charge in [-0.1, -0.05) is 17.7 Å². The number of hydrogen-bond donors (Lipinski definition) is 2. The number of allylic oxidation sites excluding steroid dienone is 2. The summed E-state index contributed by atoms with van der Waals surface area (Å²) < 4.78 is 77.6. The first-order chi connectivity index (χ1) is 21.0. The molecule has 0 bridgehead atoms. The molecule has 2 heterocycles. The van der Waals surface area contributed by atoms with Crippen LogP contribution in [0.5, 0.6) is 11.5 Å². The number of alkyl halides is 2. The van der Waals surface area contributed by atoms with Crippen LogP contribution in [0.4, 0.5) is 32.4 Å². The van der Waals surface area contributed by atoms with Gasteiger partial charge in [0.25, 0.3) is 11.8 Å². The van der Waals surface area contributed by atoms with E-state index in [-0.39, 0.29) is 33.1 Å². The number of ether oxygens (including phenoxy) is 1. The minimum absolute atomic E-state index is 0.0795. The summed E-state index contributed by atoms with van der Waals surface area (Å²) in [4.78, 5) is 60.8. The number of nitrogens with zero attached hydrogens (tertiary/aromatic N) is 2. The van der Waals surface area contributed by atoms with Crippen LogP contribution < -0.4 is 15.4 Å². The van der Waals surface area contributed by atoms with Crippen molar-refractivity contribution in [3.63, 3.8) is 0 Å². The lowest BCUT2D eigenvalue weighted by molar-refractivity contribution is -0.136. The smallest absolute Gasteiger partial charge is 0.328 e. The number of fused-ring (bicyclic) bond motifs is 4. The number of phenolic OH excluding ortho intramolecular Hbond substituents is 1. The number of likely N-dealkylation sites (tertiary alicyclic amines) is 1. The van der Waals surface area contributed by atoms with Gasteiger partial charge in [0.05, 0.1) is 18.9 Å². The molecule has 2 saturated heterocycles. The van der Waals surface area contributed by atoms with Crippen LogP contribution in [0, 0.1) is 46.8 Å². The van der Waals surface area contributed by atoms with Gasteiger partial charge < -0.3 is 15.6 Å². The zero-order valence-corrected chi connectivity index (χ0v) is 24.1. The van der Waals surface area contributed by atoms with Crippen LogP contribution in [0.2, 0.25) is 0 Å². The predicted octanol–water partition coefficient (Wildman–Crippen LogP) is 3.74. The summed E-state index contributed by atoms with van der Waals surface area (Å²) in [6, 6.07) is 2.27. The molecule has 2 aromatic rings. The first-order valence-electron chi connectivity index (χ1n) is 13.1. The van der Waals surface area contributed by atoms with Crippen LogP contribution in [-0.2, 0) is 19.2 Å². The Bertz CT molecular complexity index is 1800. The van der Waals surface area contributed by atoms with Crippen molar-refractivity contribution in [2.45, 2.75) is 28.5 Å². The van der Waals surface area contributed by atoms with E-state index in [1.807, 2.05) is 0 Å². The van der Waals surface area contributed by atoms with Gasteiger partial charge >= 0.3 is 6.03 Å². The maximum absolute atomic E-state index is 15.0. The molecule has 2 aromatic carbocycles. The van der Waals surface area contributed by atoms with E-state index >= 15 is 8.78 Å². The highest BCUT2D eigenvalue weighted by Crippen LogP contribution is 2.66. The Morgan fingerprint density at radius 3 is 2.11 bits per heavy atom. The van der Waals surface area contributed by atoms with Gasteiger partial charge in [-0.2, -0.15) is 4.90 Å². The van der Waals surface area contributed by atoms with Gasteiger partial charge in [-0.15, -0.1) is 23.2 Å². The van der Waals surface area contributed by atoms with Crippen molar-refractivity contribution in [1.82, 2.24) is 4.90 Å². The van der Waals surface area contributed by atoms with Crippen LogP contribution in [0.15, 0.2) is 29.8 Å². The number of aromatic hydroxyl groups is 1. The highest BCUT2D eigenvalue weighted by atomic mass is 35.5. The van der Waals surface area contributed by atoms with E-state index in [2.05, 4.69) is 0 Å². The Kier molecular flexibility index (Phi) is 6.76. The second-order valence-corrected chi connectivity index (χ2v) is 12.2. The number of carbonyl (C=O) groups is 5. The monoisotopic (exact) mass is 673 g/mol. The molecule has 6 amide bonds. The molecular formula is C28H18Cl2F5N3O7. The number of urea groups is 1. The number of amides is 6. The quantitative estimate of drug-likeness (QED) is 0.126. The van der Waals surface area contributed by atoms with Crippen LogP contribution >= 0.6 is 23.2 Å². The molecule has 45 heavy (non-hydrogen) atoms. The van der Waals surface area contributed by atoms with Gasteiger partial charge in [-0.25, -0.2) is 31.6 Å². The SMILES string of the molecule is COc1ccc(C2C3=CCC4C(=O)N(C(N)=O)C(=O)C4C3CC3(Cl)C(=O)N(c4c(F)c(F)c(F)c(F)c4F)C(=O)C23Cl)c(O)c1. The van der Waals surface area contributed by atoms with E-state index < -0.39 is 110 Å². The van der Waals surface area contributed by atoms with E-state index in [0.29, 0.717) is 0 Å². The Hall–Kier alpha value is -4.24. The van der Waals surface area contributed by atoms with Crippen molar-refractivity contribution in [3.8, 4) is 11.5 Å². The van der Waals surface area contributed by atoms with Crippen LogP contribution in [-0.4, -0.2) is 56.5 Å². The Labute approximate surface area is 259 Å². The van der Waals surface area contributed by atoms with E-state index in [9.17, 15) is 42.3 Å². The highest BCUT2D eigenvalue weighted by Gasteiger charge is 2.77. The topological polar surface area (TPSA) is 147 Å². The third kappa shape index (κ3) is 3.70. The van der Waals surface area contributed by atoms with Crippen molar-refractivity contribution in [1.29, 1.82) is 0 Å². The number of carbonyl (C=O) groups excluding carboxylic acids is 5. The second kappa shape index (κ2) is 9.88. The fourth-order valence-electron chi connectivity index (χ4n) is 7.02. The standard InChI is InChI=1S/C28H18Cl2F5N3O7/c1-45-8-2-3-10(13(39)6-8)15-9-4-5-11-14(23(41)38(22(11)40)26(36)44)12(9)7-27(29)24(42)37(25(43)28(15,27)30)21-19(34)17(32)16(31)18(33)20(21)35/h2-4,6,11-12,14-15,39H,5,7H2,1H3,(H2,36,44). The summed E-state index contributed by atoms with van der Waals surface area (Å²) in [7, 11) is 1.27. The number of imide groups is 4. The number of hydrogen-bond acceptors (Lipinski definition) is 7. The van der Waals surface area contributed by atoms with E-state index in [4.69, 9.17) is 33.7 Å². The Morgan fingerprint density at radius 1 is 0.956 bits per heavy atom. The molecule has 0 radical (unpaired) electrons. The number of rotatable bonds is 3. The molecule has 6 rings (SSSR count). The van der Waals surface area contributed by atoms with Crippen molar-refractivity contribution in [2.75, 3.05) is 12.0 Å². The van der Waals surface area contributed by atoms with Crippen molar-refractivity contribution in [3.05, 3.63) is 64.5 Å². The molecule has 0 spiro atoms. The average molecular weight is 674 g/mol. The molecule has 6 unspecified atom stereocenters. The first-order valence-corrected chi connectivity index (χ1v) is 13.8. The molecule has 4 aliphatic rings. The van der Waals surface area contributed by atoms with Crippen molar-refractivity contribution in [2.24, 2.45) is 23.5 Å². The summed E-state index contributed by atoms with van der Waals surface area (Å²) in [5.41, 5.74) is 3.20. The lowest BCUT2D eigenvalue weighted by Gasteiger charge is -2.50. The van der Waals surface area contributed by atoms with E-state index in [1.165, 1.54) is 25.3 Å². The predicted molar refractivity (Wildman–Crippen MR) is 143 cm³/mol. The average Bonchev–Trinajstić information content (AvgIpc) is 3.34. The normalized spacial score (nSPS) is 30.7. The third-order valence-electron chi connectivity index (χ3n) is 8.99. The number of anilines is 1. The van der Waals surface area contributed by atoms with Gasteiger partial charge in [0, 0.05) is 17.5 Å². The van der Waals surface area contributed by atoms with Crippen LogP contribution in [0.1, 0.15) is 24.3 Å². The molecule has 236 valence electrons. The first kappa shape index (κ1) is 30.8. The van der Waals surface area contributed by atoms with Gasteiger partial charge in [0.2, 0.25) is 17.6 Å². The van der Waals surface area contributed by atoms with Crippen LogP contribution in [0.3, 0.4) is 0 Å². The summed E-state index contributed by atoms with van der Waals surface area (Å²) in [5, 5.41) is 11.0. The number of methoxy groups -OCH3 is 1. The summed E-state index contributed by atoms with van der Waals surface area (Å²) in [6.45, 7) is 0. The molecule has 3 N–H and O–H groups in total. The fourth-order valence-corrected chi connectivity index (χ4v) is 7.95. The van der Waals surface area contributed by atoms with Gasteiger partial charge in [0.15, 0.2) is 33.0 Å². The molecule has 3 fully saturated rings. The Morgan fingerprint density at radius 2 is 1.56 bits per heavy atom. The van der Waals surface area contributed by atoms with E-state index in [1.54, 1.807) is 0 Å². The zero-order chi connectivity index (χ0) is 33.1. The third-order valence-corrected chi connectivity index (χ3v) is 10.4. The highest BCUT2D eigenvalue weighted by molar-refractivity contribution is 6.58. The summed E-state index contributed by atoms with van der Waals surface area (Å²) >= 11 is 13.9. The minimum Gasteiger partial charge on any atom is -0.508 e. The number of primary amides is 1. The van der Waals surface area contributed by atoms with Gasteiger partial charge in [-0.3, -0.25) is 19.2 Å². The number of phenols is 1. The lowest BCUT2D eigenvalue weighted by atomic mass is 9.56. The number of nitrogens with two attached hydrogens (primary N) is 1. The zero-order valence-electron chi connectivity index (χ0n) is 22.5. The molecule has 10 nitrogen and oxygen atoms in total. The fraction of sp³-hybridized carbons (Fsp3) is 0.321. The molecule has 0 aromatic heterocycles.